The van der Waals surface area contributed by atoms with Gasteiger partial charge < -0.3 is 10.1 Å². The van der Waals surface area contributed by atoms with Crippen molar-refractivity contribution in [3.05, 3.63) is 27.4 Å². The third-order valence-electron chi connectivity index (χ3n) is 3.11. The van der Waals surface area contributed by atoms with Crippen LogP contribution in [0.3, 0.4) is 0 Å². The summed E-state index contributed by atoms with van der Waals surface area (Å²) in [6.07, 6.45) is 2.32. The first-order valence-corrected chi connectivity index (χ1v) is 5.24. The highest BCUT2D eigenvalue weighted by Crippen LogP contribution is 2.34. The van der Waals surface area contributed by atoms with E-state index >= 15 is 0 Å². The molecule has 2 aliphatic rings. The van der Waals surface area contributed by atoms with Gasteiger partial charge in [-0.15, -0.1) is 0 Å². The molecule has 0 amide bonds. The molecule has 0 bridgehead atoms. The maximum absolute atomic E-state index is 11.2. The average Bonchev–Trinajstić information content (AvgIpc) is 2.98. The second kappa shape index (κ2) is 3.15. The normalized spacial score (nSPS) is 19.8. The minimum Gasteiger partial charge on any atom is -0.476 e. The molecule has 1 saturated carbocycles. The van der Waals surface area contributed by atoms with E-state index in [1.165, 1.54) is 0 Å². The van der Waals surface area contributed by atoms with Gasteiger partial charge in [-0.2, -0.15) is 4.98 Å². The molecule has 0 radical (unpaired) electrons. The predicted molar refractivity (Wildman–Crippen MR) is 54.1 cm³/mol. The van der Waals surface area contributed by atoms with Crippen molar-refractivity contribution in [3.63, 3.8) is 0 Å². The Balaban J connectivity index is 2.05. The number of nitrogens with zero attached hydrogens (tertiary/aromatic N) is 2. The highest BCUT2D eigenvalue weighted by atomic mass is 16.4. The Bertz CT molecular complexity index is 519. The van der Waals surface area contributed by atoms with Crippen LogP contribution in [0.1, 0.15) is 34.6 Å². The van der Waals surface area contributed by atoms with Crippen molar-refractivity contribution >= 4 is 5.97 Å². The van der Waals surface area contributed by atoms with Gasteiger partial charge in [0.05, 0.1) is 0 Å². The van der Waals surface area contributed by atoms with E-state index in [1.807, 2.05) is 0 Å². The lowest BCUT2D eigenvalue weighted by Crippen LogP contribution is -2.19. The minimum atomic E-state index is -1.13. The first kappa shape index (κ1) is 9.53. The Labute approximate surface area is 90.9 Å². The smallest absolute Gasteiger partial charge is 0.355 e. The van der Waals surface area contributed by atoms with E-state index in [2.05, 4.69) is 14.9 Å². The zero-order valence-electron chi connectivity index (χ0n) is 8.56. The number of carboxylic acids is 1. The molecule has 1 aliphatic carbocycles. The van der Waals surface area contributed by atoms with Gasteiger partial charge in [-0.3, -0.25) is 4.90 Å². The molecule has 16 heavy (non-hydrogen) atoms. The molecule has 1 aromatic rings. The van der Waals surface area contributed by atoms with Crippen LogP contribution < -0.4 is 5.69 Å². The van der Waals surface area contributed by atoms with Crippen LogP contribution in [0.5, 0.6) is 0 Å². The summed E-state index contributed by atoms with van der Waals surface area (Å²) in [6.45, 7) is 1.23. The summed E-state index contributed by atoms with van der Waals surface area (Å²) in [5.41, 5.74) is 0.707. The molecule has 0 unspecified atom stereocenters. The monoisotopic (exact) mass is 221 g/mol. The van der Waals surface area contributed by atoms with Crippen LogP contribution in [0.4, 0.5) is 0 Å². The number of hydrogen-bond acceptors (Lipinski definition) is 4. The third-order valence-corrected chi connectivity index (χ3v) is 3.11. The molecule has 0 spiro atoms. The van der Waals surface area contributed by atoms with Crippen molar-refractivity contribution in [1.29, 1.82) is 0 Å². The average molecular weight is 221 g/mol. The number of carbonyl (C=O) groups is 1. The van der Waals surface area contributed by atoms with Crippen molar-refractivity contribution in [2.24, 2.45) is 0 Å². The zero-order chi connectivity index (χ0) is 11.3. The molecule has 6 heteroatoms. The van der Waals surface area contributed by atoms with E-state index in [9.17, 15) is 9.59 Å². The van der Waals surface area contributed by atoms with E-state index in [0.717, 1.165) is 12.8 Å². The summed E-state index contributed by atoms with van der Waals surface area (Å²) < 4.78 is 0. The SMILES string of the molecule is O=C(O)c1nc(=O)[nH]c2c1CN(C1CC1)C2. The molecular formula is C10H11N3O3. The van der Waals surface area contributed by atoms with Gasteiger partial charge >= 0.3 is 11.7 Å². The molecule has 0 saturated heterocycles. The van der Waals surface area contributed by atoms with Gasteiger partial charge in [0.25, 0.3) is 0 Å². The van der Waals surface area contributed by atoms with Crippen LogP contribution in [0, 0.1) is 0 Å². The molecule has 1 aliphatic heterocycles. The van der Waals surface area contributed by atoms with Crippen LogP contribution in [0.2, 0.25) is 0 Å². The number of aromatic amines is 1. The van der Waals surface area contributed by atoms with E-state index < -0.39 is 11.7 Å². The third kappa shape index (κ3) is 1.42. The fraction of sp³-hybridized carbons (Fsp3) is 0.500. The molecule has 3 rings (SSSR count). The lowest BCUT2D eigenvalue weighted by molar-refractivity contribution is 0.0688. The second-order valence-corrected chi connectivity index (χ2v) is 4.29. The van der Waals surface area contributed by atoms with Gasteiger partial charge in [-0.05, 0) is 12.8 Å². The summed E-state index contributed by atoms with van der Waals surface area (Å²) in [6, 6.07) is 0.553. The maximum Gasteiger partial charge on any atom is 0.355 e. The van der Waals surface area contributed by atoms with Gasteiger partial charge in [0.2, 0.25) is 0 Å². The quantitative estimate of drug-likeness (QED) is 0.731. The molecule has 2 heterocycles. The van der Waals surface area contributed by atoms with E-state index in [4.69, 9.17) is 5.11 Å². The Morgan fingerprint density at radius 1 is 1.44 bits per heavy atom. The van der Waals surface area contributed by atoms with Crippen molar-refractivity contribution < 1.29 is 9.90 Å². The number of nitrogens with one attached hydrogen (secondary N) is 1. The number of aromatic nitrogens is 2. The largest absolute Gasteiger partial charge is 0.476 e. The predicted octanol–water partition coefficient (Wildman–Crippen LogP) is -0.0539. The highest BCUT2D eigenvalue weighted by Gasteiger charge is 2.35. The molecule has 1 aromatic heterocycles. The summed E-state index contributed by atoms with van der Waals surface area (Å²) in [4.78, 5) is 30.5. The lowest BCUT2D eigenvalue weighted by Gasteiger charge is -2.11. The molecule has 1 fully saturated rings. The zero-order valence-corrected chi connectivity index (χ0v) is 8.56. The number of aromatic carboxylic acids is 1. The van der Waals surface area contributed by atoms with E-state index in [-0.39, 0.29) is 5.69 Å². The first-order valence-electron chi connectivity index (χ1n) is 5.24. The molecule has 0 atom stereocenters. The number of fused-ring (bicyclic) bond motifs is 1. The number of H-pyrrole nitrogens is 1. The maximum atomic E-state index is 11.2. The highest BCUT2D eigenvalue weighted by molar-refractivity contribution is 5.87. The summed E-state index contributed by atoms with van der Waals surface area (Å²) in [5, 5.41) is 8.98. The fourth-order valence-electron chi connectivity index (χ4n) is 2.19. The van der Waals surface area contributed by atoms with Crippen molar-refractivity contribution in [2.45, 2.75) is 32.0 Å². The Morgan fingerprint density at radius 2 is 2.19 bits per heavy atom. The van der Waals surface area contributed by atoms with Crippen LogP contribution in [-0.2, 0) is 13.1 Å². The summed E-state index contributed by atoms with van der Waals surface area (Å²) in [7, 11) is 0. The van der Waals surface area contributed by atoms with Gasteiger partial charge in [-0.25, -0.2) is 9.59 Å². The van der Waals surface area contributed by atoms with E-state index in [0.29, 0.717) is 30.4 Å². The van der Waals surface area contributed by atoms with Gasteiger partial charge in [0.1, 0.15) is 0 Å². The van der Waals surface area contributed by atoms with Gasteiger partial charge in [0.15, 0.2) is 5.69 Å². The summed E-state index contributed by atoms with van der Waals surface area (Å²) >= 11 is 0. The molecule has 2 N–H and O–H groups in total. The summed E-state index contributed by atoms with van der Waals surface area (Å²) in [5.74, 6) is -1.13. The minimum absolute atomic E-state index is 0.0955. The Morgan fingerprint density at radius 3 is 2.81 bits per heavy atom. The lowest BCUT2D eigenvalue weighted by atomic mass is 10.2. The van der Waals surface area contributed by atoms with Crippen LogP contribution in [0.15, 0.2) is 4.79 Å². The number of rotatable bonds is 2. The van der Waals surface area contributed by atoms with Crippen LogP contribution in [-0.4, -0.2) is 32.0 Å². The van der Waals surface area contributed by atoms with Gasteiger partial charge in [-0.1, -0.05) is 0 Å². The number of hydrogen-bond donors (Lipinski definition) is 2. The van der Waals surface area contributed by atoms with Crippen LogP contribution >= 0.6 is 0 Å². The molecular weight excluding hydrogens is 210 g/mol. The Kier molecular flexibility index (Phi) is 1.88. The van der Waals surface area contributed by atoms with E-state index in [1.54, 1.807) is 0 Å². The topological polar surface area (TPSA) is 86.3 Å². The molecule has 6 nitrogen and oxygen atoms in total. The first-order chi connectivity index (χ1) is 7.65. The second-order valence-electron chi connectivity index (χ2n) is 4.29. The van der Waals surface area contributed by atoms with Crippen LogP contribution in [0.25, 0.3) is 0 Å². The molecule has 84 valence electrons. The standard InChI is InChI=1S/C10H11N3O3/c14-9(15)8-6-3-13(5-1-2-5)4-7(6)11-10(16)12-8/h5H,1-4H2,(H,14,15)(H,11,12,16). The van der Waals surface area contributed by atoms with Gasteiger partial charge in [0, 0.05) is 30.4 Å². The van der Waals surface area contributed by atoms with Crippen molar-refractivity contribution in [3.8, 4) is 0 Å². The Hall–Kier alpha value is -1.69. The van der Waals surface area contributed by atoms with Crippen molar-refractivity contribution in [2.75, 3.05) is 0 Å². The van der Waals surface area contributed by atoms with Crippen molar-refractivity contribution in [1.82, 2.24) is 14.9 Å². The fourth-order valence-corrected chi connectivity index (χ4v) is 2.19. The number of carboxylic acid groups (broad SMARTS) is 1. The molecule has 0 aromatic carbocycles.